The monoisotopic (exact) mass is 250 g/mol. The summed E-state index contributed by atoms with van der Waals surface area (Å²) in [6, 6.07) is 4.12. The number of benzene rings is 1. The van der Waals surface area contributed by atoms with Gasteiger partial charge in [0.2, 0.25) is 0 Å². The standard InChI is InChI=1S/C15H26N2O/c1-10-8-12(13(18-5)9-11(10)2)14(17)15(3,4)6-7-16/h8-9,14H,6-7,16-17H2,1-5H3. The van der Waals surface area contributed by atoms with E-state index in [1.165, 1.54) is 11.1 Å². The summed E-state index contributed by atoms with van der Waals surface area (Å²) in [5.74, 6) is 0.871. The topological polar surface area (TPSA) is 61.3 Å². The predicted octanol–water partition coefficient (Wildman–Crippen LogP) is 2.69. The molecule has 3 heteroatoms. The molecule has 0 saturated carbocycles. The lowest BCUT2D eigenvalue weighted by Gasteiger charge is -2.32. The van der Waals surface area contributed by atoms with E-state index in [9.17, 15) is 0 Å². The molecule has 0 aromatic heterocycles. The molecule has 0 aliphatic rings. The Bertz CT molecular complexity index is 413. The minimum atomic E-state index is -0.0738. The lowest BCUT2D eigenvalue weighted by atomic mass is 9.77. The second-order valence-electron chi connectivity index (χ2n) is 5.68. The van der Waals surface area contributed by atoms with Crippen molar-refractivity contribution in [2.45, 2.75) is 40.2 Å². The van der Waals surface area contributed by atoms with Crippen LogP contribution in [0, 0.1) is 19.3 Å². The summed E-state index contributed by atoms with van der Waals surface area (Å²) in [5.41, 5.74) is 15.6. The number of ether oxygens (including phenoxy) is 1. The van der Waals surface area contributed by atoms with Crippen LogP contribution in [-0.2, 0) is 0 Å². The Labute approximate surface area is 111 Å². The van der Waals surface area contributed by atoms with E-state index in [2.05, 4.69) is 39.8 Å². The van der Waals surface area contributed by atoms with Gasteiger partial charge in [0.1, 0.15) is 5.75 Å². The molecule has 18 heavy (non-hydrogen) atoms. The third-order valence-corrected chi connectivity index (χ3v) is 3.81. The molecule has 0 aliphatic heterocycles. The maximum atomic E-state index is 6.42. The molecule has 1 aromatic carbocycles. The first kappa shape index (κ1) is 15.0. The summed E-state index contributed by atoms with van der Waals surface area (Å²) < 4.78 is 5.46. The van der Waals surface area contributed by atoms with E-state index < -0.39 is 0 Å². The maximum absolute atomic E-state index is 6.42. The molecule has 4 N–H and O–H groups in total. The van der Waals surface area contributed by atoms with Gasteiger partial charge in [-0.05, 0) is 49.4 Å². The molecule has 0 spiro atoms. The molecule has 0 bridgehead atoms. The van der Waals surface area contributed by atoms with Crippen molar-refractivity contribution in [3.05, 3.63) is 28.8 Å². The largest absolute Gasteiger partial charge is 0.496 e. The second-order valence-corrected chi connectivity index (χ2v) is 5.68. The van der Waals surface area contributed by atoms with Gasteiger partial charge in [-0.2, -0.15) is 0 Å². The lowest BCUT2D eigenvalue weighted by Crippen LogP contribution is -2.31. The molecule has 0 amide bonds. The summed E-state index contributed by atoms with van der Waals surface area (Å²) in [6.07, 6.45) is 0.893. The highest BCUT2D eigenvalue weighted by Gasteiger charge is 2.29. The quantitative estimate of drug-likeness (QED) is 0.844. The van der Waals surface area contributed by atoms with Crippen molar-refractivity contribution in [2.24, 2.45) is 16.9 Å². The van der Waals surface area contributed by atoms with Crippen molar-refractivity contribution in [3.8, 4) is 5.75 Å². The van der Waals surface area contributed by atoms with Crippen molar-refractivity contribution in [1.29, 1.82) is 0 Å². The third-order valence-electron chi connectivity index (χ3n) is 3.81. The third kappa shape index (κ3) is 3.03. The van der Waals surface area contributed by atoms with Gasteiger partial charge in [0.15, 0.2) is 0 Å². The van der Waals surface area contributed by atoms with Gasteiger partial charge in [-0.15, -0.1) is 0 Å². The highest BCUT2D eigenvalue weighted by molar-refractivity contribution is 5.44. The fraction of sp³-hybridized carbons (Fsp3) is 0.600. The van der Waals surface area contributed by atoms with E-state index in [1.54, 1.807) is 7.11 Å². The lowest BCUT2D eigenvalue weighted by molar-refractivity contribution is 0.264. The smallest absolute Gasteiger partial charge is 0.123 e. The zero-order chi connectivity index (χ0) is 13.9. The second kappa shape index (κ2) is 5.72. The molecule has 1 aromatic rings. The van der Waals surface area contributed by atoms with Gasteiger partial charge < -0.3 is 16.2 Å². The Hall–Kier alpha value is -1.06. The Morgan fingerprint density at radius 1 is 1.22 bits per heavy atom. The van der Waals surface area contributed by atoms with Crippen LogP contribution in [0.1, 0.15) is 43.0 Å². The zero-order valence-electron chi connectivity index (χ0n) is 12.2. The minimum Gasteiger partial charge on any atom is -0.496 e. The van der Waals surface area contributed by atoms with E-state index in [1.807, 2.05) is 0 Å². The molecule has 3 nitrogen and oxygen atoms in total. The van der Waals surface area contributed by atoms with Crippen molar-refractivity contribution in [2.75, 3.05) is 13.7 Å². The van der Waals surface area contributed by atoms with Crippen molar-refractivity contribution in [3.63, 3.8) is 0 Å². The molecule has 1 rings (SSSR count). The van der Waals surface area contributed by atoms with E-state index in [-0.39, 0.29) is 11.5 Å². The van der Waals surface area contributed by atoms with Gasteiger partial charge in [-0.3, -0.25) is 0 Å². The molecule has 1 atom stereocenters. The van der Waals surface area contributed by atoms with E-state index >= 15 is 0 Å². The average molecular weight is 250 g/mol. The van der Waals surface area contributed by atoms with Gasteiger partial charge in [0.25, 0.3) is 0 Å². The van der Waals surface area contributed by atoms with Crippen molar-refractivity contribution in [1.82, 2.24) is 0 Å². The van der Waals surface area contributed by atoms with Crippen LogP contribution in [0.2, 0.25) is 0 Å². The molecular formula is C15H26N2O. The van der Waals surface area contributed by atoms with Gasteiger partial charge in [-0.1, -0.05) is 19.9 Å². The summed E-state index contributed by atoms with van der Waals surface area (Å²) in [6.45, 7) is 9.13. The fourth-order valence-electron chi connectivity index (χ4n) is 2.18. The first-order valence-electron chi connectivity index (χ1n) is 6.44. The van der Waals surface area contributed by atoms with Crippen LogP contribution >= 0.6 is 0 Å². The number of hydrogen-bond acceptors (Lipinski definition) is 3. The molecule has 0 fully saturated rings. The molecule has 102 valence electrons. The minimum absolute atomic E-state index is 0.0380. The highest BCUT2D eigenvalue weighted by Crippen LogP contribution is 2.39. The van der Waals surface area contributed by atoms with Crippen molar-refractivity contribution >= 4 is 0 Å². The van der Waals surface area contributed by atoms with Crippen LogP contribution < -0.4 is 16.2 Å². The fourth-order valence-corrected chi connectivity index (χ4v) is 2.18. The molecule has 0 saturated heterocycles. The molecule has 0 aliphatic carbocycles. The molecule has 1 unspecified atom stereocenters. The Kier molecular flexibility index (Phi) is 4.77. The van der Waals surface area contributed by atoms with Gasteiger partial charge in [0, 0.05) is 11.6 Å². The maximum Gasteiger partial charge on any atom is 0.123 e. The van der Waals surface area contributed by atoms with Gasteiger partial charge in [-0.25, -0.2) is 0 Å². The Morgan fingerprint density at radius 3 is 2.28 bits per heavy atom. The Balaban J connectivity index is 3.19. The summed E-state index contributed by atoms with van der Waals surface area (Å²) in [5, 5.41) is 0. The summed E-state index contributed by atoms with van der Waals surface area (Å²) >= 11 is 0. The molecule has 0 heterocycles. The van der Waals surface area contributed by atoms with Gasteiger partial charge >= 0.3 is 0 Å². The first-order chi connectivity index (χ1) is 8.33. The van der Waals surface area contributed by atoms with E-state index in [4.69, 9.17) is 16.2 Å². The van der Waals surface area contributed by atoms with Crippen LogP contribution in [0.25, 0.3) is 0 Å². The van der Waals surface area contributed by atoms with Crippen LogP contribution in [0.3, 0.4) is 0 Å². The summed E-state index contributed by atoms with van der Waals surface area (Å²) in [7, 11) is 1.69. The van der Waals surface area contributed by atoms with Crippen LogP contribution in [0.5, 0.6) is 5.75 Å². The van der Waals surface area contributed by atoms with Crippen LogP contribution in [-0.4, -0.2) is 13.7 Å². The van der Waals surface area contributed by atoms with Crippen LogP contribution in [0.4, 0.5) is 0 Å². The number of aryl methyl sites for hydroxylation is 2. The average Bonchev–Trinajstić information content (AvgIpc) is 2.31. The number of methoxy groups -OCH3 is 1. The van der Waals surface area contributed by atoms with Crippen molar-refractivity contribution < 1.29 is 4.74 Å². The SMILES string of the molecule is COc1cc(C)c(C)cc1C(N)C(C)(C)CCN. The number of rotatable bonds is 5. The van der Waals surface area contributed by atoms with E-state index in [0.29, 0.717) is 6.54 Å². The van der Waals surface area contributed by atoms with E-state index in [0.717, 1.165) is 17.7 Å². The first-order valence-corrected chi connectivity index (χ1v) is 6.44. The Morgan fingerprint density at radius 2 is 1.78 bits per heavy atom. The normalized spacial score (nSPS) is 13.5. The van der Waals surface area contributed by atoms with Gasteiger partial charge in [0.05, 0.1) is 7.11 Å². The predicted molar refractivity (Wildman–Crippen MR) is 76.8 cm³/mol. The summed E-state index contributed by atoms with van der Waals surface area (Å²) in [4.78, 5) is 0. The highest BCUT2D eigenvalue weighted by atomic mass is 16.5. The van der Waals surface area contributed by atoms with Crippen LogP contribution in [0.15, 0.2) is 12.1 Å². The number of nitrogens with two attached hydrogens (primary N) is 2. The molecule has 0 radical (unpaired) electrons. The molecular weight excluding hydrogens is 224 g/mol. The number of hydrogen-bond donors (Lipinski definition) is 2. The zero-order valence-corrected chi connectivity index (χ0v) is 12.2.